The van der Waals surface area contributed by atoms with Gasteiger partial charge in [0.25, 0.3) is 5.91 Å². The van der Waals surface area contributed by atoms with Gasteiger partial charge in [0.1, 0.15) is 4.88 Å². The van der Waals surface area contributed by atoms with E-state index in [1.165, 1.54) is 22.7 Å². The first-order chi connectivity index (χ1) is 9.51. The molecule has 0 fully saturated rings. The summed E-state index contributed by atoms with van der Waals surface area (Å²) >= 11 is 5.90. The van der Waals surface area contributed by atoms with Crippen molar-refractivity contribution in [2.45, 2.75) is 13.8 Å². The van der Waals surface area contributed by atoms with Gasteiger partial charge in [-0.1, -0.05) is 0 Å². The number of carbonyl (C=O) groups is 2. The number of hydrogen-bond acceptors (Lipinski definition) is 5. The van der Waals surface area contributed by atoms with Gasteiger partial charge in [-0.05, 0) is 53.5 Å². The van der Waals surface area contributed by atoms with Gasteiger partial charge in [-0.15, -0.1) is 22.7 Å². The molecule has 2 heterocycles. The summed E-state index contributed by atoms with van der Waals surface area (Å²) < 4.78 is 5.87. The van der Waals surface area contributed by atoms with Crippen molar-refractivity contribution in [1.29, 1.82) is 0 Å². The third-order valence-corrected chi connectivity index (χ3v) is 5.17. The van der Waals surface area contributed by atoms with Gasteiger partial charge in [0.15, 0.2) is 0 Å². The van der Waals surface area contributed by atoms with Gasteiger partial charge in [-0.25, -0.2) is 4.79 Å². The van der Waals surface area contributed by atoms with Crippen LogP contribution in [0.5, 0.6) is 0 Å². The van der Waals surface area contributed by atoms with E-state index >= 15 is 0 Å². The number of carbonyl (C=O) groups excluding carboxylic acids is 2. The van der Waals surface area contributed by atoms with Crippen molar-refractivity contribution in [2.24, 2.45) is 0 Å². The van der Waals surface area contributed by atoms with E-state index in [-0.39, 0.29) is 11.9 Å². The third-order valence-electron chi connectivity index (χ3n) is 2.41. The number of nitrogens with one attached hydrogen (secondary N) is 1. The summed E-state index contributed by atoms with van der Waals surface area (Å²) in [7, 11) is 0. The molecule has 0 saturated carbocycles. The molecule has 2 rings (SSSR count). The van der Waals surface area contributed by atoms with Crippen LogP contribution in [0.3, 0.4) is 0 Å². The maximum atomic E-state index is 12.0. The number of rotatable bonds is 4. The van der Waals surface area contributed by atoms with Gasteiger partial charge >= 0.3 is 5.97 Å². The van der Waals surface area contributed by atoms with Crippen LogP contribution in [-0.4, -0.2) is 18.5 Å². The van der Waals surface area contributed by atoms with Crippen LogP contribution in [-0.2, 0) is 4.74 Å². The molecule has 2 aromatic heterocycles. The minimum Gasteiger partial charge on any atom is -0.462 e. The number of aryl methyl sites for hydroxylation is 1. The third kappa shape index (κ3) is 3.47. The highest BCUT2D eigenvalue weighted by molar-refractivity contribution is 9.11. The molecule has 0 unspecified atom stereocenters. The van der Waals surface area contributed by atoms with E-state index in [1.54, 1.807) is 19.1 Å². The predicted molar refractivity (Wildman–Crippen MR) is 85.0 cm³/mol. The second kappa shape index (κ2) is 6.51. The molecule has 0 aliphatic carbocycles. The number of hydrogen-bond donors (Lipinski definition) is 1. The second-order valence-electron chi connectivity index (χ2n) is 3.90. The van der Waals surface area contributed by atoms with E-state index in [0.717, 1.165) is 9.35 Å². The van der Waals surface area contributed by atoms with E-state index in [1.807, 2.05) is 13.0 Å². The van der Waals surface area contributed by atoms with Crippen LogP contribution in [0.4, 0.5) is 5.00 Å². The van der Waals surface area contributed by atoms with Crippen LogP contribution in [0, 0.1) is 6.92 Å². The van der Waals surface area contributed by atoms with Crippen molar-refractivity contribution in [1.82, 2.24) is 0 Å². The number of thiophene rings is 2. The predicted octanol–water partition coefficient (Wildman–Crippen LogP) is 4.31. The fraction of sp³-hybridized carbons (Fsp3) is 0.231. The van der Waals surface area contributed by atoms with E-state index in [2.05, 4.69) is 21.2 Å². The molecule has 7 heteroatoms. The summed E-state index contributed by atoms with van der Waals surface area (Å²) in [5.41, 5.74) is 0.802. The number of amides is 1. The van der Waals surface area contributed by atoms with E-state index < -0.39 is 0 Å². The minimum atomic E-state index is -0.352. The summed E-state index contributed by atoms with van der Waals surface area (Å²) in [6.45, 7) is 3.92. The largest absolute Gasteiger partial charge is 0.462 e. The van der Waals surface area contributed by atoms with Crippen molar-refractivity contribution in [3.8, 4) is 0 Å². The first kappa shape index (κ1) is 15.2. The van der Waals surface area contributed by atoms with Gasteiger partial charge in [0.2, 0.25) is 0 Å². The van der Waals surface area contributed by atoms with Crippen molar-refractivity contribution in [3.05, 3.63) is 37.3 Å². The Morgan fingerprint density at radius 2 is 2.10 bits per heavy atom. The quantitative estimate of drug-likeness (QED) is 0.812. The van der Waals surface area contributed by atoms with Gasteiger partial charge in [-0.2, -0.15) is 0 Å². The average molecular weight is 374 g/mol. The lowest BCUT2D eigenvalue weighted by Crippen LogP contribution is -2.08. The van der Waals surface area contributed by atoms with Crippen LogP contribution in [0.25, 0.3) is 0 Å². The normalized spacial score (nSPS) is 10.3. The van der Waals surface area contributed by atoms with Crippen molar-refractivity contribution < 1.29 is 14.3 Å². The monoisotopic (exact) mass is 373 g/mol. The summed E-state index contributed by atoms with van der Waals surface area (Å²) in [6.07, 6.45) is 0. The zero-order valence-corrected chi connectivity index (χ0v) is 14.1. The molecule has 0 aliphatic heterocycles. The highest BCUT2D eigenvalue weighted by Crippen LogP contribution is 2.29. The molecule has 1 amide bonds. The summed E-state index contributed by atoms with van der Waals surface area (Å²) in [5.74, 6) is -0.535. The molecular formula is C13H12BrNO3S2. The van der Waals surface area contributed by atoms with Crippen LogP contribution >= 0.6 is 38.6 Å². The molecule has 106 valence electrons. The zero-order chi connectivity index (χ0) is 14.7. The van der Waals surface area contributed by atoms with Crippen molar-refractivity contribution >= 4 is 55.5 Å². The standard InChI is InChI=1S/C13H12BrNO3S2/c1-3-18-13(17)11-7(2)6-10(20-11)15-12(16)8-4-5-9(14)19-8/h4-6H,3H2,1-2H3,(H,15,16). The Balaban J connectivity index is 2.12. The molecule has 0 aromatic carbocycles. The smallest absolute Gasteiger partial charge is 0.348 e. The molecule has 2 aromatic rings. The molecule has 0 radical (unpaired) electrons. The molecular weight excluding hydrogens is 362 g/mol. The lowest BCUT2D eigenvalue weighted by atomic mass is 10.3. The Labute approximate surface area is 132 Å². The number of ether oxygens (including phenoxy) is 1. The molecule has 4 nitrogen and oxygen atoms in total. The minimum absolute atomic E-state index is 0.183. The van der Waals surface area contributed by atoms with Crippen LogP contribution < -0.4 is 5.32 Å². The first-order valence-electron chi connectivity index (χ1n) is 5.85. The van der Waals surface area contributed by atoms with E-state index in [0.29, 0.717) is 21.4 Å². The molecule has 0 spiro atoms. The summed E-state index contributed by atoms with van der Waals surface area (Å²) in [5, 5.41) is 3.43. The Hall–Kier alpha value is -1.18. The highest BCUT2D eigenvalue weighted by atomic mass is 79.9. The lowest BCUT2D eigenvalue weighted by Gasteiger charge is -1.99. The fourth-order valence-corrected chi connectivity index (χ4v) is 3.80. The summed E-state index contributed by atoms with van der Waals surface area (Å²) in [6, 6.07) is 5.34. The molecule has 1 N–H and O–H groups in total. The zero-order valence-electron chi connectivity index (χ0n) is 10.9. The lowest BCUT2D eigenvalue weighted by molar-refractivity contribution is 0.0531. The average Bonchev–Trinajstić information content (AvgIpc) is 2.96. The van der Waals surface area contributed by atoms with Crippen LogP contribution in [0.2, 0.25) is 0 Å². The molecule has 0 atom stereocenters. The van der Waals surface area contributed by atoms with E-state index in [4.69, 9.17) is 4.74 Å². The van der Waals surface area contributed by atoms with Crippen LogP contribution in [0.1, 0.15) is 31.8 Å². The highest BCUT2D eigenvalue weighted by Gasteiger charge is 2.16. The Bertz CT molecular complexity index is 648. The van der Waals surface area contributed by atoms with E-state index in [9.17, 15) is 9.59 Å². The first-order valence-corrected chi connectivity index (χ1v) is 8.28. The molecule has 0 bridgehead atoms. The Kier molecular flexibility index (Phi) is 4.95. The van der Waals surface area contributed by atoms with Crippen molar-refractivity contribution in [2.75, 3.05) is 11.9 Å². The van der Waals surface area contributed by atoms with Gasteiger partial charge in [0.05, 0.1) is 20.3 Å². The Morgan fingerprint density at radius 3 is 2.70 bits per heavy atom. The maximum Gasteiger partial charge on any atom is 0.348 e. The summed E-state index contributed by atoms with van der Waals surface area (Å²) in [4.78, 5) is 24.9. The van der Waals surface area contributed by atoms with Gasteiger partial charge < -0.3 is 10.1 Å². The second-order valence-corrected chi connectivity index (χ2v) is 7.42. The number of halogens is 1. The van der Waals surface area contributed by atoms with Crippen LogP contribution in [0.15, 0.2) is 22.0 Å². The Morgan fingerprint density at radius 1 is 1.35 bits per heavy atom. The van der Waals surface area contributed by atoms with Gasteiger partial charge in [0, 0.05) is 0 Å². The van der Waals surface area contributed by atoms with Gasteiger partial charge in [-0.3, -0.25) is 4.79 Å². The number of esters is 1. The topological polar surface area (TPSA) is 55.4 Å². The molecule has 0 aliphatic rings. The number of anilines is 1. The molecule has 20 heavy (non-hydrogen) atoms. The maximum absolute atomic E-state index is 12.0. The fourth-order valence-electron chi connectivity index (χ4n) is 1.55. The SMILES string of the molecule is CCOC(=O)c1sc(NC(=O)c2ccc(Br)s2)cc1C. The van der Waals surface area contributed by atoms with Crippen molar-refractivity contribution in [3.63, 3.8) is 0 Å². The molecule has 0 saturated heterocycles.